The second kappa shape index (κ2) is 9.13. The summed E-state index contributed by atoms with van der Waals surface area (Å²) in [4.78, 5) is 15.5. The quantitative estimate of drug-likeness (QED) is 0.329. The number of hydrogen-bond donors (Lipinski definition) is 4. The molecule has 0 radical (unpaired) electrons. The van der Waals surface area contributed by atoms with Gasteiger partial charge in [0.1, 0.15) is 11.9 Å². The van der Waals surface area contributed by atoms with E-state index < -0.39 is 24.2 Å². The summed E-state index contributed by atoms with van der Waals surface area (Å²) in [6.07, 6.45) is 1.18. The van der Waals surface area contributed by atoms with Crippen LogP contribution in [0.3, 0.4) is 0 Å². The Bertz CT molecular complexity index is 1020. The number of benzene rings is 1. The van der Waals surface area contributed by atoms with Crippen LogP contribution >= 0.6 is 0 Å². The number of amides is 1. The summed E-state index contributed by atoms with van der Waals surface area (Å²) in [6, 6.07) is 5.77. The lowest BCUT2D eigenvalue weighted by Gasteiger charge is -2.22. The number of methoxy groups -OCH3 is 1. The minimum atomic E-state index is -1.16. The van der Waals surface area contributed by atoms with Gasteiger partial charge in [0, 0.05) is 17.3 Å². The number of hydrogen-bond acceptors (Lipinski definition) is 5. The van der Waals surface area contributed by atoms with Crippen LogP contribution in [0, 0.1) is 11.8 Å². The summed E-state index contributed by atoms with van der Waals surface area (Å²) in [7, 11) is 1.50. The predicted molar refractivity (Wildman–Crippen MR) is 112 cm³/mol. The van der Waals surface area contributed by atoms with E-state index in [1.54, 1.807) is 31.3 Å². The van der Waals surface area contributed by atoms with Crippen LogP contribution in [0.25, 0.3) is 11.6 Å². The average Bonchev–Trinajstić information content (AvgIpc) is 3.28. The first-order valence-electron chi connectivity index (χ1n) is 9.56. The number of H-pyrrole nitrogens is 1. The summed E-state index contributed by atoms with van der Waals surface area (Å²) in [5.41, 5.74) is 1.44. The molecule has 0 bridgehead atoms. The third kappa shape index (κ3) is 4.09. The lowest BCUT2D eigenvalue weighted by Crippen LogP contribution is -2.46. The molecular weight excluding hydrogens is 389 g/mol. The van der Waals surface area contributed by atoms with Gasteiger partial charge in [0.25, 0.3) is 5.91 Å². The maximum Gasteiger partial charge on any atom is 0.287 e. The summed E-state index contributed by atoms with van der Waals surface area (Å²) in [5.74, 6) is 5.24. The third-order valence-electron chi connectivity index (χ3n) is 4.83. The van der Waals surface area contributed by atoms with E-state index in [0.717, 1.165) is 0 Å². The first kappa shape index (κ1) is 21.6. The topological polar surface area (TPSA) is 97.8 Å². The fraction of sp³-hybridized carbons (Fsp3) is 0.318. The maximum atomic E-state index is 14.5. The highest BCUT2D eigenvalue weighted by molar-refractivity contribution is 6.35. The molecule has 0 saturated heterocycles. The van der Waals surface area contributed by atoms with Gasteiger partial charge in [0.05, 0.1) is 36.2 Å². The summed E-state index contributed by atoms with van der Waals surface area (Å²) in [5, 5.41) is 23.3. The van der Waals surface area contributed by atoms with Crippen molar-refractivity contribution in [3.63, 3.8) is 0 Å². The van der Waals surface area contributed by atoms with E-state index in [-0.39, 0.29) is 16.4 Å². The minimum absolute atomic E-state index is 0.0788. The van der Waals surface area contributed by atoms with E-state index in [4.69, 9.17) is 4.74 Å². The molecule has 1 aliphatic heterocycles. The zero-order valence-electron chi connectivity index (χ0n) is 16.9. The first-order chi connectivity index (χ1) is 14.4. The standard InChI is InChI=1S/C22H24FN3O4/c1-4-24-21(13(2)27)18(28)9-8-14-6-5-7-17-20(14)15(22(29)26(17)23)12-16-19(30-3)10-11-25-16/h5-7,10-13,18,21,24-25,27-28H,4H2,1-3H3/t13-,18-,21+/m1/s1. The molecule has 4 N–H and O–H groups in total. The largest absolute Gasteiger partial charge is 0.495 e. The van der Waals surface area contributed by atoms with Gasteiger partial charge in [-0.05, 0) is 37.7 Å². The Hall–Kier alpha value is -3.12. The number of anilines is 1. The highest BCUT2D eigenvalue weighted by Crippen LogP contribution is 2.40. The number of rotatable bonds is 6. The zero-order valence-corrected chi connectivity index (χ0v) is 16.9. The van der Waals surface area contributed by atoms with Gasteiger partial charge in [-0.2, -0.15) is 0 Å². The van der Waals surface area contributed by atoms with E-state index >= 15 is 0 Å². The molecule has 2 heterocycles. The number of nitrogens with zero attached hydrogens (tertiary/aromatic N) is 1. The molecule has 0 fully saturated rings. The first-order valence-corrected chi connectivity index (χ1v) is 9.56. The molecule has 1 aromatic carbocycles. The molecule has 1 amide bonds. The number of nitrogens with one attached hydrogen (secondary N) is 2. The fourth-order valence-corrected chi connectivity index (χ4v) is 3.37. The number of aliphatic hydroxyl groups excluding tert-OH is 2. The molecule has 8 heteroatoms. The van der Waals surface area contributed by atoms with Crippen LogP contribution < -0.4 is 15.2 Å². The number of carbonyl (C=O) groups is 1. The van der Waals surface area contributed by atoms with Gasteiger partial charge < -0.3 is 25.3 Å². The Kier molecular flexibility index (Phi) is 6.57. The number of fused-ring (bicyclic) bond motifs is 1. The molecule has 3 atom stereocenters. The SMILES string of the molecule is CCN[C@H]([C@H](O)C#Cc1cccc2c1C(=Cc1[nH]ccc1OC)C(=O)N2F)[C@@H](C)O. The molecule has 0 spiro atoms. The molecule has 7 nitrogen and oxygen atoms in total. The summed E-state index contributed by atoms with van der Waals surface area (Å²) >= 11 is 0. The van der Waals surface area contributed by atoms with Gasteiger partial charge in [-0.1, -0.05) is 29.3 Å². The van der Waals surface area contributed by atoms with Crippen LogP contribution in [-0.2, 0) is 4.79 Å². The van der Waals surface area contributed by atoms with Crippen LogP contribution in [0.2, 0.25) is 0 Å². The molecule has 3 rings (SSSR count). The van der Waals surface area contributed by atoms with Gasteiger partial charge in [-0.3, -0.25) is 4.79 Å². The minimum Gasteiger partial charge on any atom is -0.495 e. The van der Waals surface area contributed by atoms with E-state index in [9.17, 15) is 19.5 Å². The van der Waals surface area contributed by atoms with Crippen molar-refractivity contribution in [1.29, 1.82) is 0 Å². The van der Waals surface area contributed by atoms with Crippen molar-refractivity contribution in [3.8, 4) is 17.6 Å². The molecule has 1 aromatic heterocycles. The van der Waals surface area contributed by atoms with E-state index in [0.29, 0.717) is 29.1 Å². The van der Waals surface area contributed by atoms with Crippen LogP contribution in [-0.4, -0.2) is 53.0 Å². The maximum absolute atomic E-state index is 14.5. The number of aromatic nitrogens is 1. The van der Waals surface area contributed by atoms with Gasteiger partial charge in [-0.15, -0.1) is 5.12 Å². The number of aromatic amines is 1. The molecule has 2 aromatic rings. The fourth-order valence-electron chi connectivity index (χ4n) is 3.37. The number of carbonyl (C=O) groups excluding carboxylic acids is 1. The molecule has 30 heavy (non-hydrogen) atoms. The second-order valence-corrected chi connectivity index (χ2v) is 6.84. The Balaban J connectivity index is 2.05. The van der Waals surface area contributed by atoms with Crippen molar-refractivity contribution in [2.45, 2.75) is 32.1 Å². The van der Waals surface area contributed by atoms with Crippen LogP contribution in [0.1, 0.15) is 30.7 Å². The Morgan fingerprint density at radius 3 is 2.80 bits per heavy atom. The smallest absolute Gasteiger partial charge is 0.287 e. The predicted octanol–water partition coefficient (Wildman–Crippen LogP) is 1.87. The van der Waals surface area contributed by atoms with Crippen molar-refractivity contribution in [2.75, 3.05) is 18.8 Å². The molecule has 0 saturated carbocycles. The molecule has 1 aliphatic rings. The van der Waals surface area contributed by atoms with Gasteiger partial charge in [0.15, 0.2) is 0 Å². The van der Waals surface area contributed by atoms with Crippen molar-refractivity contribution < 1.29 is 24.2 Å². The van der Waals surface area contributed by atoms with Crippen LogP contribution in [0.4, 0.5) is 10.2 Å². The summed E-state index contributed by atoms with van der Waals surface area (Å²) in [6.45, 7) is 3.96. The number of halogens is 1. The van der Waals surface area contributed by atoms with E-state index in [1.165, 1.54) is 19.3 Å². The highest BCUT2D eigenvalue weighted by Gasteiger charge is 2.35. The van der Waals surface area contributed by atoms with Crippen molar-refractivity contribution in [1.82, 2.24) is 10.3 Å². The third-order valence-corrected chi connectivity index (χ3v) is 4.83. The van der Waals surface area contributed by atoms with Crippen molar-refractivity contribution in [2.24, 2.45) is 0 Å². The normalized spacial score (nSPS) is 17.3. The van der Waals surface area contributed by atoms with Crippen LogP contribution in [0.15, 0.2) is 30.5 Å². The Morgan fingerprint density at radius 1 is 1.37 bits per heavy atom. The molecular formula is C22H24FN3O4. The Labute approximate surface area is 174 Å². The Morgan fingerprint density at radius 2 is 2.13 bits per heavy atom. The van der Waals surface area contributed by atoms with Crippen molar-refractivity contribution in [3.05, 3.63) is 47.3 Å². The van der Waals surface area contributed by atoms with Crippen molar-refractivity contribution >= 4 is 23.2 Å². The second-order valence-electron chi connectivity index (χ2n) is 6.84. The lowest BCUT2D eigenvalue weighted by molar-refractivity contribution is -0.115. The van der Waals surface area contributed by atoms with Gasteiger partial charge in [-0.25, -0.2) is 0 Å². The van der Waals surface area contributed by atoms with Gasteiger partial charge >= 0.3 is 0 Å². The monoisotopic (exact) mass is 413 g/mol. The lowest BCUT2D eigenvalue weighted by atomic mass is 9.99. The number of aliphatic hydroxyl groups is 2. The molecule has 0 unspecified atom stereocenters. The number of likely N-dealkylation sites (N-methyl/N-ethyl adjacent to an activating group) is 1. The number of ether oxygens (including phenoxy) is 1. The van der Waals surface area contributed by atoms with Crippen LogP contribution in [0.5, 0.6) is 5.75 Å². The molecule has 158 valence electrons. The summed E-state index contributed by atoms with van der Waals surface area (Å²) < 4.78 is 19.8. The van der Waals surface area contributed by atoms with Gasteiger partial charge in [0.2, 0.25) is 0 Å². The highest BCUT2D eigenvalue weighted by atomic mass is 19.2. The van der Waals surface area contributed by atoms with E-state index in [2.05, 4.69) is 22.1 Å². The average molecular weight is 413 g/mol. The molecule has 0 aliphatic carbocycles. The zero-order chi connectivity index (χ0) is 21.8. The van der Waals surface area contributed by atoms with E-state index in [1.807, 2.05) is 6.92 Å².